The van der Waals surface area contributed by atoms with Gasteiger partial charge in [-0.05, 0) is 34.9 Å². The van der Waals surface area contributed by atoms with E-state index in [9.17, 15) is 4.79 Å². The third-order valence-corrected chi connectivity index (χ3v) is 5.00. The van der Waals surface area contributed by atoms with Gasteiger partial charge in [-0.1, -0.05) is 36.4 Å². The lowest BCUT2D eigenvalue weighted by Crippen LogP contribution is -2.23. The molecule has 7 nitrogen and oxygen atoms in total. The molecule has 0 radical (unpaired) electrons. The van der Waals surface area contributed by atoms with E-state index in [1.54, 1.807) is 23.4 Å². The van der Waals surface area contributed by atoms with Crippen LogP contribution in [0.25, 0.3) is 11.1 Å². The van der Waals surface area contributed by atoms with Crippen molar-refractivity contribution in [1.29, 1.82) is 0 Å². The van der Waals surface area contributed by atoms with E-state index in [0.29, 0.717) is 18.7 Å². The third-order valence-electron chi connectivity index (χ3n) is 5.00. The number of carbonyl (C=O) groups is 1. The normalized spacial score (nSPS) is 10.6. The van der Waals surface area contributed by atoms with Gasteiger partial charge in [-0.15, -0.1) is 0 Å². The van der Waals surface area contributed by atoms with Gasteiger partial charge < -0.3 is 10.2 Å². The van der Waals surface area contributed by atoms with E-state index in [0.717, 1.165) is 27.9 Å². The van der Waals surface area contributed by atoms with Gasteiger partial charge in [-0.2, -0.15) is 5.10 Å². The molecular formula is C24H24N6O. The summed E-state index contributed by atoms with van der Waals surface area (Å²) in [5.74, 6) is -0.147. The minimum atomic E-state index is -0.147. The predicted molar refractivity (Wildman–Crippen MR) is 121 cm³/mol. The van der Waals surface area contributed by atoms with Gasteiger partial charge >= 0.3 is 0 Å². The van der Waals surface area contributed by atoms with Crippen molar-refractivity contribution >= 4 is 11.6 Å². The standard InChI is InChI=1S/C24H24N6O/c1-29(2)23-9-7-20(8-10-23)21-11-22(14-25-13-21)24(31)27-12-18-3-5-19(6-4-18)15-30-17-26-16-28-30/h3-11,13-14,16-17H,12,15H2,1-2H3,(H,27,31). The molecule has 0 spiro atoms. The van der Waals surface area contributed by atoms with E-state index in [1.807, 2.05) is 61.5 Å². The molecule has 2 heterocycles. The minimum absolute atomic E-state index is 0.147. The molecule has 4 aromatic rings. The van der Waals surface area contributed by atoms with E-state index in [1.165, 1.54) is 6.33 Å². The first-order valence-electron chi connectivity index (χ1n) is 10.00. The van der Waals surface area contributed by atoms with Crippen molar-refractivity contribution in [3.63, 3.8) is 0 Å². The van der Waals surface area contributed by atoms with Gasteiger partial charge in [0.05, 0.1) is 12.1 Å². The zero-order valence-electron chi connectivity index (χ0n) is 17.6. The van der Waals surface area contributed by atoms with Crippen molar-refractivity contribution in [2.24, 2.45) is 0 Å². The number of benzene rings is 2. The van der Waals surface area contributed by atoms with Crippen LogP contribution in [0.15, 0.2) is 79.6 Å². The van der Waals surface area contributed by atoms with Gasteiger partial charge in [-0.3, -0.25) is 9.78 Å². The van der Waals surface area contributed by atoms with Gasteiger partial charge in [-0.25, -0.2) is 9.67 Å². The predicted octanol–water partition coefficient (Wildman–Crippen LogP) is 3.38. The van der Waals surface area contributed by atoms with Gasteiger partial charge in [0.15, 0.2) is 0 Å². The zero-order valence-corrected chi connectivity index (χ0v) is 17.6. The highest BCUT2D eigenvalue weighted by molar-refractivity contribution is 5.95. The van der Waals surface area contributed by atoms with Crippen molar-refractivity contribution < 1.29 is 4.79 Å². The number of nitrogens with one attached hydrogen (secondary N) is 1. The summed E-state index contributed by atoms with van der Waals surface area (Å²) in [5, 5.41) is 7.08. The number of hydrogen-bond acceptors (Lipinski definition) is 5. The Bertz CT molecular complexity index is 1140. The molecule has 0 saturated heterocycles. The summed E-state index contributed by atoms with van der Waals surface area (Å²) in [4.78, 5) is 22.9. The van der Waals surface area contributed by atoms with Gasteiger partial charge in [0.1, 0.15) is 12.7 Å². The molecule has 0 saturated carbocycles. The number of rotatable bonds is 7. The minimum Gasteiger partial charge on any atom is -0.378 e. The fraction of sp³-hybridized carbons (Fsp3) is 0.167. The Hall–Kier alpha value is -4.00. The summed E-state index contributed by atoms with van der Waals surface area (Å²) in [5.41, 5.74) is 5.75. The molecule has 0 aliphatic rings. The van der Waals surface area contributed by atoms with Crippen molar-refractivity contribution in [3.8, 4) is 11.1 Å². The number of amides is 1. The van der Waals surface area contributed by atoms with Crippen molar-refractivity contribution in [2.45, 2.75) is 13.1 Å². The molecule has 2 aromatic heterocycles. The quantitative estimate of drug-likeness (QED) is 0.504. The molecule has 31 heavy (non-hydrogen) atoms. The van der Waals surface area contributed by atoms with E-state index in [4.69, 9.17) is 0 Å². The highest BCUT2D eigenvalue weighted by Gasteiger charge is 2.09. The summed E-state index contributed by atoms with van der Waals surface area (Å²) >= 11 is 0. The second-order valence-electron chi connectivity index (χ2n) is 7.50. The summed E-state index contributed by atoms with van der Waals surface area (Å²) in [6, 6.07) is 18.1. The van der Waals surface area contributed by atoms with Crippen molar-refractivity contribution in [3.05, 3.63) is 96.3 Å². The summed E-state index contributed by atoms with van der Waals surface area (Å²) in [6.07, 6.45) is 6.57. The Balaban J connectivity index is 1.38. The molecule has 0 fully saturated rings. The number of nitrogens with zero attached hydrogens (tertiary/aromatic N) is 5. The molecule has 4 rings (SSSR count). The van der Waals surface area contributed by atoms with Crippen LogP contribution in [0.1, 0.15) is 21.5 Å². The Kier molecular flexibility index (Phi) is 6.03. The van der Waals surface area contributed by atoms with Crippen molar-refractivity contribution in [2.75, 3.05) is 19.0 Å². The highest BCUT2D eigenvalue weighted by Crippen LogP contribution is 2.22. The van der Waals surface area contributed by atoms with Crippen LogP contribution >= 0.6 is 0 Å². The number of aromatic nitrogens is 4. The number of carbonyl (C=O) groups excluding carboxylic acids is 1. The zero-order chi connectivity index (χ0) is 21.6. The van der Waals surface area contributed by atoms with Crippen LogP contribution in [-0.2, 0) is 13.1 Å². The van der Waals surface area contributed by atoms with Crippen LogP contribution < -0.4 is 10.2 Å². The maximum atomic E-state index is 12.6. The monoisotopic (exact) mass is 412 g/mol. The van der Waals surface area contributed by atoms with Crippen LogP contribution in [0.2, 0.25) is 0 Å². The number of anilines is 1. The third kappa shape index (κ3) is 5.14. The van der Waals surface area contributed by atoms with Crippen molar-refractivity contribution in [1.82, 2.24) is 25.1 Å². The summed E-state index contributed by atoms with van der Waals surface area (Å²) in [6.45, 7) is 1.12. The topological polar surface area (TPSA) is 75.9 Å². The molecule has 0 unspecified atom stereocenters. The van der Waals surface area contributed by atoms with Crippen LogP contribution in [0.5, 0.6) is 0 Å². The molecule has 156 valence electrons. The average molecular weight is 412 g/mol. The highest BCUT2D eigenvalue weighted by atomic mass is 16.1. The Morgan fingerprint density at radius 2 is 1.68 bits per heavy atom. The fourth-order valence-electron chi connectivity index (χ4n) is 3.22. The molecule has 0 aliphatic carbocycles. The van der Waals surface area contributed by atoms with Gasteiger partial charge in [0.2, 0.25) is 0 Å². The average Bonchev–Trinajstić information content (AvgIpc) is 3.31. The molecule has 0 aliphatic heterocycles. The van der Waals surface area contributed by atoms with E-state index in [-0.39, 0.29) is 5.91 Å². The first-order chi connectivity index (χ1) is 15.1. The molecule has 1 N–H and O–H groups in total. The summed E-state index contributed by atoms with van der Waals surface area (Å²) in [7, 11) is 4.01. The molecule has 2 aromatic carbocycles. The van der Waals surface area contributed by atoms with Gasteiger partial charge in [0.25, 0.3) is 5.91 Å². The van der Waals surface area contributed by atoms with Gasteiger partial charge in [0, 0.05) is 44.3 Å². The van der Waals surface area contributed by atoms with Crippen LogP contribution in [0, 0.1) is 0 Å². The number of pyridine rings is 1. The first kappa shape index (κ1) is 20.3. The van der Waals surface area contributed by atoms with Crippen LogP contribution in [0.3, 0.4) is 0 Å². The molecule has 7 heteroatoms. The lowest BCUT2D eigenvalue weighted by atomic mass is 10.1. The maximum Gasteiger partial charge on any atom is 0.253 e. The lowest BCUT2D eigenvalue weighted by molar-refractivity contribution is 0.0950. The SMILES string of the molecule is CN(C)c1ccc(-c2cncc(C(=O)NCc3ccc(Cn4cncn4)cc3)c2)cc1. The lowest BCUT2D eigenvalue weighted by Gasteiger charge is -2.13. The molecular weight excluding hydrogens is 388 g/mol. The molecule has 0 atom stereocenters. The van der Waals surface area contributed by atoms with Crippen LogP contribution in [-0.4, -0.2) is 39.8 Å². The Morgan fingerprint density at radius 3 is 2.35 bits per heavy atom. The largest absolute Gasteiger partial charge is 0.378 e. The summed E-state index contributed by atoms with van der Waals surface area (Å²) < 4.78 is 1.77. The first-order valence-corrected chi connectivity index (χ1v) is 10.00. The van der Waals surface area contributed by atoms with E-state index < -0.39 is 0 Å². The molecule has 0 bridgehead atoms. The maximum absolute atomic E-state index is 12.6. The Labute approximate surface area is 181 Å². The smallest absolute Gasteiger partial charge is 0.253 e. The second-order valence-corrected chi connectivity index (χ2v) is 7.50. The second kappa shape index (κ2) is 9.21. The fourth-order valence-corrected chi connectivity index (χ4v) is 3.22. The number of hydrogen-bond donors (Lipinski definition) is 1. The van der Waals surface area contributed by atoms with Crippen LogP contribution in [0.4, 0.5) is 5.69 Å². The molecule has 1 amide bonds. The van der Waals surface area contributed by atoms with E-state index in [2.05, 4.69) is 32.5 Å². The van der Waals surface area contributed by atoms with E-state index >= 15 is 0 Å². The Morgan fingerprint density at radius 1 is 0.935 bits per heavy atom.